The molecule has 0 aliphatic heterocycles. The quantitative estimate of drug-likeness (QED) is 0.539. The minimum atomic E-state index is 0.550. The van der Waals surface area contributed by atoms with Crippen molar-refractivity contribution in [1.82, 2.24) is 10.1 Å². The van der Waals surface area contributed by atoms with Crippen molar-refractivity contribution in [2.24, 2.45) is 5.73 Å². The van der Waals surface area contributed by atoms with E-state index in [0.717, 1.165) is 29.8 Å². The van der Waals surface area contributed by atoms with Gasteiger partial charge in [-0.1, -0.05) is 75.6 Å². The summed E-state index contributed by atoms with van der Waals surface area (Å²) in [7, 11) is 0. The molecular weight excluding hydrogens is 298 g/mol. The first-order valence-corrected chi connectivity index (χ1v) is 9.45. The Morgan fingerprint density at radius 3 is 2.12 bits per heavy atom. The molecule has 1 aromatic carbocycles. The number of aryl methyl sites for hydroxylation is 1. The largest absolute Gasteiger partial charge is 0.334 e. The molecule has 0 saturated heterocycles. The summed E-state index contributed by atoms with van der Waals surface area (Å²) < 4.78 is 5.36. The molecule has 24 heavy (non-hydrogen) atoms. The Labute approximate surface area is 145 Å². The zero-order valence-corrected chi connectivity index (χ0v) is 15.0. The van der Waals surface area contributed by atoms with Crippen LogP contribution in [0.15, 0.2) is 28.8 Å². The fourth-order valence-electron chi connectivity index (χ4n) is 2.85. The number of hydrogen-bond donors (Lipinski definition) is 1. The maximum Gasteiger partial charge on any atom is 0.257 e. The van der Waals surface area contributed by atoms with Gasteiger partial charge in [-0.2, -0.15) is 4.98 Å². The summed E-state index contributed by atoms with van der Waals surface area (Å²) in [5, 5.41) is 4.09. The van der Waals surface area contributed by atoms with Gasteiger partial charge in [0, 0.05) is 18.5 Å². The van der Waals surface area contributed by atoms with Crippen molar-refractivity contribution in [2.45, 2.75) is 77.7 Å². The van der Waals surface area contributed by atoms with Crippen LogP contribution in [0.1, 0.15) is 76.1 Å². The van der Waals surface area contributed by atoms with Gasteiger partial charge in [-0.3, -0.25) is 0 Å². The number of aromatic nitrogens is 2. The van der Waals surface area contributed by atoms with Gasteiger partial charge in [-0.25, -0.2) is 0 Å². The second-order valence-electron chi connectivity index (χ2n) is 6.50. The smallest absolute Gasteiger partial charge is 0.257 e. The Morgan fingerprint density at radius 1 is 0.875 bits per heavy atom. The number of hydrogen-bond acceptors (Lipinski definition) is 4. The highest BCUT2D eigenvalue weighted by molar-refractivity contribution is 5.53. The van der Waals surface area contributed by atoms with Crippen LogP contribution in [0.4, 0.5) is 0 Å². The predicted octanol–water partition coefficient (Wildman–Crippen LogP) is 5.27. The fraction of sp³-hybridized carbons (Fsp3) is 0.600. The molecule has 2 aromatic rings. The van der Waals surface area contributed by atoms with Crippen LogP contribution >= 0.6 is 0 Å². The monoisotopic (exact) mass is 329 g/mol. The van der Waals surface area contributed by atoms with Gasteiger partial charge in [0.25, 0.3) is 5.89 Å². The minimum Gasteiger partial charge on any atom is -0.334 e. The van der Waals surface area contributed by atoms with E-state index in [0.29, 0.717) is 12.4 Å². The molecule has 0 aliphatic rings. The predicted molar refractivity (Wildman–Crippen MR) is 98.6 cm³/mol. The molecule has 0 radical (unpaired) electrons. The molecule has 2 rings (SSSR count). The summed E-state index contributed by atoms with van der Waals surface area (Å²) in [5.41, 5.74) is 7.67. The van der Waals surface area contributed by atoms with Crippen LogP contribution in [0.5, 0.6) is 0 Å². The lowest BCUT2D eigenvalue weighted by Crippen LogP contribution is -1.95. The first kappa shape index (κ1) is 18.7. The lowest BCUT2D eigenvalue weighted by Gasteiger charge is -2.00. The average molecular weight is 329 g/mol. The SMILES string of the molecule is CCCCCCCCCCCc1noc(-c2ccc(CN)cc2)n1. The van der Waals surface area contributed by atoms with Gasteiger partial charge in [0.05, 0.1) is 0 Å². The van der Waals surface area contributed by atoms with Crippen LogP contribution in [0, 0.1) is 0 Å². The summed E-state index contributed by atoms with van der Waals surface area (Å²) in [6.45, 7) is 2.81. The number of rotatable bonds is 12. The Morgan fingerprint density at radius 2 is 1.50 bits per heavy atom. The van der Waals surface area contributed by atoms with E-state index < -0.39 is 0 Å². The summed E-state index contributed by atoms with van der Waals surface area (Å²) in [6.07, 6.45) is 12.8. The maximum atomic E-state index is 5.61. The topological polar surface area (TPSA) is 64.9 Å². The molecule has 2 N–H and O–H groups in total. The van der Waals surface area contributed by atoms with Crippen molar-refractivity contribution >= 4 is 0 Å². The first-order valence-electron chi connectivity index (χ1n) is 9.45. The third-order valence-corrected chi connectivity index (χ3v) is 4.41. The molecule has 132 valence electrons. The standard InChI is InChI=1S/C20H31N3O/c1-2-3-4-5-6-7-8-9-10-11-19-22-20(24-23-19)18-14-12-17(16-21)13-15-18/h12-15H,2-11,16,21H2,1H3. The zero-order valence-electron chi connectivity index (χ0n) is 15.0. The number of nitrogens with zero attached hydrogens (tertiary/aromatic N) is 2. The van der Waals surface area contributed by atoms with Crippen molar-refractivity contribution in [1.29, 1.82) is 0 Å². The summed E-state index contributed by atoms with van der Waals surface area (Å²) >= 11 is 0. The molecule has 0 atom stereocenters. The third kappa shape index (κ3) is 6.44. The summed E-state index contributed by atoms with van der Waals surface area (Å²) in [5.74, 6) is 1.42. The summed E-state index contributed by atoms with van der Waals surface area (Å²) in [4.78, 5) is 4.49. The van der Waals surface area contributed by atoms with E-state index >= 15 is 0 Å². The number of nitrogens with two attached hydrogens (primary N) is 1. The number of benzene rings is 1. The molecule has 0 fully saturated rings. The second kappa shape index (κ2) is 11.0. The summed E-state index contributed by atoms with van der Waals surface area (Å²) in [6, 6.07) is 7.97. The van der Waals surface area contributed by atoms with E-state index in [1.807, 2.05) is 24.3 Å². The van der Waals surface area contributed by atoms with E-state index in [9.17, 15) is 0 Å². The molecule has 0 aliphatic carbocycles. The Hall–Kier alpha value is -1.68. The van der Waals surface area contributed by atoms with E-state index in [1.165, 1.54) is 51.4 Å². The van der Waals surface area contributed by atoms with Crippen LogP contribution in [-0.2, 0) is 13.0 Å². The molecule has 0 spiro atoms. The van der Waals surface area contributed by atoms with Crippen LogP contribution < -0.4 is 5.73 Å². The van der Waals surface area contributed by atoms with Gasteiger partial charge in [-0.05, 0) is 24.1 Å². The van der Waals surface area contributed by atoms with Gasteiger partial charge in [0.1, 0.15) is 0 Å². The normalized spacial score (nSPS) is 11.1. The van der Waals surface area contributed by atoms with Crippen molar-refractivity contribution in [2.75, 3.05) is 0 Å². The minimum absolute atomic E-state index is 0.550. The molecule has 1 heterocycles. The van der Waals surface area contributed by atoms with Crippen LogP contribution in [0.3, 0.4) is 0 Å². The van der Waals surface area contributed by atoms with Crippen LogP contribution in [0.25, 0.3) is 11.5 Å². The van der Waals surface area contributed by atoms with Gasteiger partial charge in [0.2, 0.25) is 0 Å². The molecule has 0 saturated carbocycles. The zero-order chi connectivity index (χ0) is 17.0. The average Bonchev–Trinajstić information content (AvgIpc) is 3.09. The Balaban J connectivity index is 1.63. The molecule has 4 nitrogen and oxygen atoms in total. The first-order chi connectivity index (χ1) is 11.8. The van der Waals surface area contributed by atoms with Gasteiger partial charge >= 0.3 is 0 Å². The van der Waals surface area contributed by atoms with E-state index in [2.05, 4.69) is 17.1 Å². The molecule has 0 unspecified atom stereocenters. The van der Waals surface area contributed by atoms with E-state index in [4.69, 9.17) is 10.3 Å². The molecule has 0 amide bonds. The third-order valence-electron chi connectivity index (χ3n) is 4.41. The second-order valence-corrected chi connectivity index (χ2v) is 6.50. The van der Waals surface area contributed by atoms with Crippen molar-refractivity contribution in [3.8, 4) is 11.5 Å². The van der Waals surface area contributed by atoms with E-state index in [1.54, 1.807) is 0 Å². The van der Waals surface area contributed by atoms with Crippen molar-refractivity contribution in [3.63, 3.8) is 0 Å². The van der Waals surface area contributed by atoms with Gasteiger partial charge in [0.15, 0.2) is 5.82 Å². The lowest BCUT2D eigenvalue weighted by atomic mass is 10.1. The molecule has 1 aromatic heterocycles. The highest BCUT2D eigenvalue weighted by atomic mass is 16.5. The van der Waals surface area contributed by atoms with Crippen molar-refractivity contribution in [3.05, 3.63) is 35.7 Å². The Bertz CT molecular complexity index is 563. The maximum absolute atomic E-state index is 5.61. The van der Waals surface area contributed by atoms with Crippen LogP contribution in [-0.4, -0.2) is 10.1 Å². The molecule has 0 bridgehead atoms. The highest BCUT2D eigenvalue weighted by Crippen LogP contribution is 2.18. The lowest BCUT2D eigenvalue weighted by molar-refractivity contribution is 0.421. The fourth-order valence-corrected chi connectivity index (χ4v) is 2.85. The number of unbranched alkanes of at least 4 members (excludes halogenated alkanes) is 8. The van der Waals surface area contributed by atoms with Gasteiger partial charge < -0.3 is 10.3 Å². The molecular formula is C20H31N3O. The van der Waals surface area contributed by atoms with E-state index in [-0.39, 0.29) is 0 Å². The van der Waals surface area contributed by atoms with Crippen LogP contribution in [0.2, 0.25) is 0 Å². The molecule has 4 heteroatoms. The van der Waals surface area contributed by atoms with Gasteiger partial charge in [-0.15, -0.1) is 0 Å². The highest BCUT2D eigenvalue weighted by Gasteiger charge is 2.08. The van der Waals surface area contributed by atoms with Crippen molar-refractivity contribution < 1.29 is 4.52 Å². The Kier molecular flexibility index (Phi) is 8.53.